The van der Waals surface area contributed by atoms with Crippen LogP contribution in [0.3, 0.4) is 0 Å². The maximum Gasteiger partial charge on any atom is 0.241 e. The largest absolute Gasteiger partial charge is 0.494 e. The lowest BCUT2D eigenvalue weighted by Crippen LogP contribution is -2.32. The summed E-state index contributed by atoms with van der Waals surface area (Å²) in [5.41, 5.74) is 7.20. The molecule has 0 fully saturated rings. The monoisotopic (exact) mass is 222 g/mol. The minimum absolute atomic E-state index is 0.188. The fourth-order valence-electron chi connectivity index (χ4n) is 1.28. The van der Waals surface area contributed by atoms with Crippen LogP contribution in [0.25, 0.3) is 0 Å². The Bertz CT molecular complexity index is 375. The molecule has 1 aromatic carbocycles. The van der Waals surface area contributed by atoms with Gasteiger partial charge >= 0.3 is 0 Å². The Labute approximate surface area is 95.8 Å². The second-order valence-electron chi connectivity index (χ2n) is 3.69. The second-order valence-corrected chi connectivity index (χ2v) is 3.69. The first-order valence-corrected chi connectivity index (χ1v) is 5.34. The van der Waals surface area contributed by atoms with Gasteiger partial charge in [-0.25, -0.2) is 0 Å². The fraction of sp³-hybridized carbons (Fsp3) is 0.417. The van der Waals surface area contributed by atoms with Gasteiger partial charge in [-0.05, 0) is 44.5 Å². The van der Waals surface area contributed by atoms with Crippen molar-refractivity contribution in [2.24, 2.45) is 5.73 Å². The number of benzene rings is 1. The van der Waals surface area contributed by atoms with Crippen molar-refractivity contribution in [2.75, 3.05) is 11.9 Å². The van der Waals surface area contributed by atoms with Crippen molar-refractivity contribution in [3.05, 3.63) is 23.8 Å². The molecule has 1 rings (SSSR count). The highest BCUT2D eigenvalue weighted by Crippen LogP contribution is 2.21. The third-order valence-corrected chi connectivity index (χ3v) is 2.18. The van der Waals surface area contributed by atoms with E-state index in [2.05, 4.69) is 5.32 Å². The molecule has 0 radical (unpaired) electrons. The zero-order valence-corrected chi connectivity index (χ0v) is 9.91. The SMILES string of the molecule is CCOc1ccc(NC(=O)[C@@H](C)N)c(C)c1. The summed E-state index contributed by atoms with van der Waals surface area (Å²) < 4.78 is 5.36. The zero-order chi connectivity index (χ0) is 12.1. The lowest BCUT2D eigenvalue weighted by Gasteiger charge is -2.11. The van der Waals surface area contributed by atoms with Gasteiger partial charge in [0.15, 0.2) is 0 Å². The molecule has 0 saturated carbocycles. The summed E-state index contributed by atoms with van der Waals surface area (Å²) in [4.78, 5) is 11.4. The van der Waals surface area contributed by atoms with Crippen molar-refractivity contribution in [3.8, 4) is 5.75 Å². The number of rotatable bonds is 4. The minimum Gasteiger partial charge on any atom is -0.494 e. The average Bonchev–Trinajstić information content (AvgIpc) is 2.22. The van der Waals surface area contributed by atoms with E-state index in [1.165, 1.54) is 0 Å². The number of nitrogens with two attached hydrogens (primary N) is 1. The Hall–Kier alpha value is -1.55. The van der Waals surface area contributed by atoms with Crippen molar-refractivity contribution in [3.63, 3.8) is 0 Å². The van der Waals surface area contributed by atoms with E-state index in [0.29, 0.717) is 6.61 Å². The summed E-state index contributed by atoms with van der Waals surface area (Å²) in [6, 6.07) is 5.03. The van der Waals surface area contributed by atoms with Crippen LogP contribution in [0.1, 0.15) is 19.4 Å². The maximum absolute atomic E-state index is 11.4. The minimum atomic E-state index is -0.508. The molecule has 1 amide bonds. The van der Waals surface area contributed by atoms with Crippen molar-refractivity contribution in [1.29, 1.82) is 0 Å². The average molecular weight is 222 g/mol. The van der Waals surface area contributed by atoms with Crippen LogP contribution in [0.5, 0.6) is 5.75 Å². The zero-order valence-electron chi connectivity index (χ0n) is 9.91. The summed E-state index contributed by atoms with van der Waals surface area (Å²) >= 11 is 0. The highest BCUT2D eigenvalue weighted by atomic mass is 16.5. The number of ether oxygens (including phenoxy) is 1. The van der Waals surface area contributed by atoms with E-state index in [-0.39, 0.29) is 5.91 Å². The third kappa shape index (κ3) is 3.24. The number of amides is 1. The second kappa shape index (κ2) is 5.51. The molecule has 0 heterocycles. The van der Waals surface area contributed by atoms with Gasteiger partial charge in [-0.2, -0.15) is 0 Å². The summed E-state index contributed by atoms with van der Waals surface area (Å²) in [5, 5.41) is 2.76. The molecule has 0 unspecified atom stereocenters. The molecule has 0 saturated heterocycles. The molecule has 0 aliphatic heterocycles. The first-order chi connectivity index (χ1) is 7.54. The number of carbonyl (C=O) groups is 1. The topological polar surface area (TPSA) is 64.3 Å². The molecule has 3 N–H and O–H groups in total. The van der Waals surface area contributed by atoms with Crippen molar-refractivity contribution in [2.45, 2.75) is 26.8 Å². The molecule has 16 heavy (non-hydrogen) atoms. The molecule has 0 spiro atoms. The third-order valence-electron chi connectivity index (χ3n) is 2.18. The molecule has 1 aromatic rings. The van der Waals surface area contributed by atoms with Gasteiger partial charge in [-0.1, -0.05) is 0 Å². The Morgan fingerprint density at radius 3 is 2.75 bits per heavy atom. The quantitative estimate of drug-likeness (QED) is 0.814. The number of carbonyl (C=O) groups excluding carboxylic acids is 1. The lowest BCUT2D eigenvalue weighted by molar-refractivity contribution is -0.117. The van der Waals surface area contributed by atoms with Crippen molar-refractivity contribution < 1.29 is 9.53 Å². The number of nitrogens with one attached hydrogen (secondary N) is 1. The molecule has 0 aromatic heterocycles. The first-order valence-electron chi connectivity index (χ1n) is 5.34. The molecule has 0 bridgehead atoms. The van der Waals surface area contributed by atoms with E-state index in [4.69, 9.17) is 10.5 Å². The van der Waals surface area contributed by atoms with Gasteiger partial charge in [0, 0.05) is 5.69 Å². The van der Waals surface area contributed by atoms with E-state index in [1.54, 1.807) is 6.92 Å². The predicted octanol–water partition coefficient (Wildman–Crippen LogP) is 1.68. The summed E-state index contributed by atoms with van der Waals surface area (Å²) in [5.74, 6) is 0.617. The molecule has 88 valence electrons. The van der Waals surface area contributed by atoms with Crippen LogP contribution in [-0.4, -0.2) is 18.6 Å². The maximum atomic E-state index is 11.4. The van der Waals surface area contributed by atoms with Gasteiger partial charge in [0.05, 0.1) is 12.6 Å². The Balaban J connectivity index is 2.79. The Kier molecular flexibility index (Phi) is 4.31. The number of aryl methyl sites for hydroxylation is 1. The normalized spacial score (nSPS) is 12.0. The molecule has 0 aliphatic carbocycles. The van der Waals surface area contributed by atoms with Crippen LogP contribution in [0.15, 0.2) is 18.2 Å². The van der Waals surface area contributed by atoms with E-state index < -0.39 is 6.04 Å². The van der Waals surface area contributed by atoms with Gasteiger partial charge in [-0.15, -0.1) is 0 Å². The van der Waals surface area contributed by atoms with Crippen molar-refractivity contribution >= 4 is 11.6 Å². The van der Waals surface area contributed by atoms with Crippen LogP contribution < -0.4 is 15.8 Å². The number of anilines is 1. The van der Waals surface area contributed by atoms with E-state index >= 15 is 0 Å². The molecule has 4 heteroatoms. The van der Waals surface area contributed by atoms with Gasteiger partial charge < -0.3 is 15.8 Å². The predicted molar refractivity (Wildman–Crippen MR) is 64.6 cm³/mol. The standard InChI is InChI=1S/C12H18N2O2/c1-4-16-10-5-6-11(8(2)7-10)14-12(15)9(3)13/h5-7,9H,4,13H2,1-3H3,(H,14,15)/t9-/m1/s1. The number of hydrogen-bond donors (Lipinski definition) is 2. The van der Waals surface area contributed by atoms with Gasteiger partial charge in [0.25, 0.3) is 0 Å². The van der Waals surface area contributed by atoms with Crippen LogP contribution >= 0.6 is 0 Å². The van der Waals surface area contributed by atoms with Crippen molar-refractivity contribution in [1.82, 2.24) is 0 Å². The van der Waals surface area contributed by atoms with Gasteiger partial charge in [-0.3, -0.25) is 4.79 Å². The van der Waals surface area contributed by atoms with Gasteiger partial charge in [0.1, 0.15) is 5.75 Å². The summed E-state index contributed by atoms with van der Waals surface area (Å²) in [6.45, 7) is 6.13. The van der Waals surface area contributed by atoms with Crippen LogP contribution in [0, 0.1) is 6.92 Å². The van der Waals surface area contributed by atoms with Crippen LogP contribution in [0.4, 0.5) is 5.69 Å². The molecular formula is C12H18N2O2. The van der Waals surface area contributed by atoms with Crippen LogP contribution in [0.2, 0.25) is 0 Å². The fourth-order valence-corrected chi connectivity index (χ4v) is 1.28. The highest BCUT2D eigenvalue weighted by molar-refractivity contribution is 5.95. The molecule has 0 aliphatic rings. The first kappa shape index (κ1) is 12.5. The van der Waals surface area contributed by atoms with Crippen LogP contribution in [-0.2, 0) is 4.79 Å². The van der Waals surface area contributed by atoms with Gasteiger partial charge in [0.2, 0.25) is 5.91 Å². The smallest absolute Gasteiger partial charge is 0.241 e. The summed E-state index contributed by atoms with van der Waals surface area (Å²) in [6.07, 6.45) is 0. The van der Waals surface area contributed by atoms with E-state index in [9.17, 15) is 4.79 Å². The lowest BCUT2D eigenvalue weighted by atomic mass is 10.2. The number of hydrogen-bond acceptors (Lipinski definition) is 3. The molecule has 1 atom stereocenters. The molecule has 4 nitrogen and oxygen atoms in total. The molecular weight excluding hydrogens is 204 g/mol. The Morgan fingerprint density at radius 1 is 1.56 bits per heavy atom. The highest BCUT2D eigenvalue weighted by Gasteiger charge is 2.09. The van der Waals surface area contributed by atoms with E-state index in [0.717, 1.165) is 17.0 Å². The summed E-state index contributed by atoms with van der Waals surface area (Å²) in [7, 11) is 0. The Morgan fingerprint density at radius 2 is 2.25 bits per heavy atom. The van der Waals surface area contributed by atoms with E-state index in [1.807, 2.05) is 32.0 Å².